The summed E-state index contributed by atoms with van der Waals surface area (Å²) in [7, 11) is 3.73. The number of amides is 2. The van der Waals surface area contributed by atoms with Gasteiger partial charge < -0.3 is 10.2 Å². The van der Waals surface area contributed by atoms with E-state index in [9.17, 15) is 9.59 Å². The van der Waals surface area contributed by atoms with E-state index in [1.54, 1.807) is 7.05 Å². The summed E-state index contributed by atoms with van der Waals surface area (Å²) in [4.78, 5) is 27.2. The third kappa shape index (κ3) is 2.98. The molecule has 5 heteroatoms. The van der Waals surface area contributed by atoms with E-state index in [2.05, 4.69) is 31.1 Å². The molecule has 108 valence electrons. The van der Waals surface area contributed by atoms with Gasteiger partial charge >= 0.3 is 0 Å². The van der Waals surface area contributed by atoms with Gasteiger partial charge in [-0.2, -0.15) is 0 Å². The molecule has 2 aliphatic rings. The van der Waals surface area contributed by atoms with E-state index in [1.807, 2.05) is 0 Å². The van der Waals surface area contributed by atoms with Crippen LogP contribution in [-0.4, -0.2) is 60.4 Å². The van der Waals surface area contributed by atoms with Crippen LogP contribution < -0.4 is 5.32 Å². The average molecular weight is 267 g/mol. The quantitative estimate of drug-likeness (QED) is 0.738. The van der Waals surface area contributed by atoms with Gasteiger partial charge in [0.2, 0.25) is 11.8 Å². The van der Waals surface area contributed by atoms with E-state index in [4.69, 9.17) is 0 Å². The van der Waals surface area contributed by atoms with Crippen LogP contribution >= 0.6 is 0 Å². The number of rotatable bonds is 2. The molecule has 0 spiro atoms. The second-order valence-electron chi connectivity index (χ2n) is 6.16. The zero-order chi connectivity index (χ0) is 14.2. The first-order chi connectivity index (χ1) is 8.90. The molecule has 2 saturated heterocycles. The summed E-state index contributed by atoms with van der Waals surface area (Å²) in [6.07, 6.45) is 2.16. The van der Waals surface area contributed by atoms with Crippen LogP contribution in [-0.2, 0) is 9.59 Å². The van der Waals surface area contributed by atoms with Crippen molar-refractivity contribution in [3.8, 4) is 0 Å². The zero-order valence-corrected chi connectivity index (χ0v) is 12.3. The first-order valence-electron chi connectivity index (χ1n) is 7.16. The fourth-order valence-corrected chi connectivity index (χ4v) is 3.10. The van der Waals surface area contributed by atoms with Crippen molar-refractivity contribution in [1.29, 1.82) is 0 Å². The minimum absolute atomic E-state index is 0.0622. The largest absolute Gasteiger partial charge is 0.303 e. The van der Waals surface area contributed by atoms with E-state index in [-0.39, 0.29) is 17.9 Å². The maximum atomic E-state index is 12.1. The third-order valence-electron chi connectivity index (χ3n) is 4.68. The van der Waals surface area contributed by atoms with Gasteiger partial charge in [0.25, 0.3) is 0 Å². The second-order valence-corrected chi connectivity index (χ2v) is 6.16. The molecule has 0 saturated carbocycles. The fourth-order valence-electron chi connectivity index (χ4n) is 3.10. The molecule has 2 rings (SSSR count). The Hall–Kier alpha value is -0.940. The highest BCUT2D eigenvalue weighted by Gasteiger charge is 2.36. The van der Waals surface area contributed by atoms with Crippen LogP contribution in [0.1, 0.15) is 33.1 Å². The Morgan fingerprint density at radius 3 is 2.58 bits per heavy atom. The standard InChI is InChI=1S/C14H25N3O2/c1-9-8-16(3)10(2)7-12(9)15-11-5-6-13(18)17(4)14(11)19/h9-12,15H,5-8H2,1-4H3. The lowest BCUT2D eigenvalue weighted by Crippen LogP contribution is -2.58. The number of nitrogens with one attached hydrogen (secondary N) is 1. The maximum absolute atomic E-state index is 12.1. The van der Waals surface area contributed by atoms with E-state index < -0.39 is 0 Å². The molecular formula is C14H25N3O2. The smallest absolute Gasteiger partial charge is 0.246 e. The summed E-state index contributed by atoms with van der Waals surface area (Å²) >= 11 is 0. The van der Waals surface area contributed by atoms with Gasteiger partial charge in [-0.3, -0.25) is 14.5 Å². The summed E-state index contributed by atoms with van der Waals surface area (Å²) in [6.45, 7) is 5.50. The summed E-state index contributed by atoms with van der Waals surface area (Å²) < 4.78 is 0. The molecule has 4 atom stereocenters. The minimum Gasteiger partial charge on any atom is -0.303 e. The normalized spacial score (nSPS) is 37.8. The number of nitrogens with zero attached hydrogens (tertiary/aromatic N) is 2. The van der Waals surface area contributed by atoms with Gasteiger partial charge in [-0.1, -0.05) is 6.92 Å². The van der Waals surface area contributed by atoms with Crippen molar-refractivity contribution in [2.24, 2.45) is 5.92 Å². The van der Waals surface area contributed by atoms with Crippen molar-refractivity contribution in [2.45, 2.75) is 51.2 Å². The van der Waals surface area contributed by atoms with Crippen LogP contribution in [0.3, 0.4) is 0 Å². The molecule has 19 heavy (non-hydrogen) atoms. The summed E-state index contributed by atoms with van der Waals surface area (Å²) in [5.41, 5.74) is 0. The number of piperidine rings is 2. The molecule has 1 N–H and O–H groups in total. The van der Waals surface area contributed by atoms with Gasteiger partial charge in [0, 0.05) is 32.1 Å². The van der Waals surface area contributed by atoms with Crippen molar-refractivity contribution in [3.05, 3.63) is 0 Å². The van der Waals surface area contributed by atoms with Gasteiger partial charge in [0.15, 0.2) is 0 Å². The highest BCUT2D eigenvalue weighted by molar-refractivity contribution is 6.00. The molecule has 2 aliphatic heterocycles. The van der Waals surface area contributed by atoms with Crippen molar-refractivity contribution in [3.63, 3.8) is 0 Å². The zero-order valence-electron chi connectivity index (χ0n) is 12.3. The molecule has 0 radical (unpaired) electrons. The van der Waals surface area contributed by atoms with Crippen molar-refractivity contribution in [1.82, 2.24) is 15.1 Å². The van der Waals surface area contributed by atoms with Crippen LogP contribution in [0, 0.1) is 5.92 Å². The molecular weight excluding hydrogens is 242 g/mol. The number of likely N-dealkylation sites (tertiary alicyclic amines) is 2. The number of imide groups is 1. The molecule has 2 amide bonds. The molecule has 0 aliphatic carbocycles. The first kappa shape index (κ1) is 14.5. The SMILES string of the molecule is CC1CN(C)C(C)CC1NC1CCC(=O)N(C)C1=O. The lowest BCUT2D eigenvalue weighted by molar-refractivity contribution is -0.148. The molecule has 2 fully saturated rings. The van der Waals surface area contributed by atoms with Gasteiger partial charge in [0.1, 0.15) is 0 Å². The molecule has 0 aromatic heterocycles. The molecule has 2 heterocycles. The van der Waals surface area contributed by atoms with E-state index in [0.29, 0.717) is 30.8 Å². The first-order valence-corrected chi connectivity index (χ1v) is 7.16. The minimum atomic E-state index is -0.189. The van der Waals surface area contributed by atoms with Crippen molar-refractivity contribution in [2.75, 3.05) is 20.6 Å². The van der Waals surface area contributed by atoms with E-state index in [0.717, 1.165) is 13.0 Å². The topological polar surface area (TPSA) is 52.7 Å². The van der Waals surface area contributed by atoms with Crippen molar-refractivity contribution < 1.29 is 9.59 Å². The van der Waals surface area contributed by atoms with Gasteiger partial charge in [-0.05, 0) is 32.7 Å². The summed E-state index contributed by atoms with van der Waals surface area (Å²) in [6, 6.07) is 0.708. The monoisotopic (exact) mass is 267 g/mol. The second kappa shape index (κ2) is 5.59. The number of carbonyl (C=O) groups excluding carboxylic acids is 2. The lowest BCUT2D eigenvalue weighted by Gasteiger charge is -2.42. The highest BCUT2D eigenvalue weighted by atomic mass is 16.2. The fraction of sp³-hybridized carbons (Fsp3) is 0.857. The number of hydrogen-bond acceptors (Lipinski definition) is 4. The van der Waals surface area contributed by atoms with Crippen LogP contribution in [0.5, 0.6) is 0 Å². The molecule has 5 nitrogen and oxygen atoms in total. The van der Waals surface area contributed by atoms with E-state index >= 15 is 0 Å². The number of hydrogen-bond donors (Lipinski definition) is 1. The van der Waals surface area contributed by atoms with Gasteiger partial charge in [-0.25, -0.2) is 0 Å². The Morgan fingerprint density at radius 1 is 1.21 bits per heavy atom. The Kier molecular flexibility index (Phi) is 4.26. The lowest BCUT2D eigenvalue weighted by atomic mass is 9.88. The van der Waals surface area contributed by atoms with Crippen molar-refractivity contribution >= 4 is 11.8 Å². The number of carbonyl (C=O) groups is 2. The Morgan fingerprint density at radius 2 is 1.89 bits per heavy atom. The molecule has 4 unspecified atom stereocenters. The Labute approximate surface area is 115 Å². The van der Waals surface area contributed by atoms with E-state index in [1.165, 1.54) is 4.90 Å². The Balaban J connectivity index is 1.97. The average Bonchev–Trinajstić information content (AvgIpc) is 2.36. The highest BCUT2D eigenvalue weighted by Crippen LogP contribution is 2.22. The molecule has 0 aromatic rings. The summed E-state index contributed by atoms with van der Waals surface area (Å²) in [5.74, 6) is 0.389. The number of likely N-dealkylation sites (N-methyl/N-ethyl adjacent to an activating group) is 1. The molecule has 0 aromatic carbocycles. The molecule has 0 bridgehead atoms. The van der Waals surface area contributed by atoms with Crippen LogP contribution in [0.15, 0.2) is 0 Å². The van der Waals surface area contributed by atoms with Crippen LogP contribution in [0.4, 0.5) is 0 Å². The van der Waals surface area contributed by atoms with Gasteiger partial charge in [-0.15, -0.1) is 0 Å². The predicted octanol–water partition coefficient (Wildman–Crippen LogP) is 0.452. The summed E-state index contributed by atoms with van der Waals surface area (Å²) in [5, 5.41) is 3.49. The predicted molar refractivity (Wildman–Crippen MR) is 73.6 cm³/mol. The van der Waals surface area contributed by atoms with Gasteiger partial charge in [0.05, 0.1) is 6.04 Å². The van der Waals surface area contributed by atoms with Crippen LogP contribution in [0.25, 0.3) is 0 Å². The van der Waals surface area contributed by atoms with Crippen LogP contribution in [0.2, 0.25) is 0 Å². The third-order valence-corrected chi connectivity index (χ3v) is 4.68. The maximum Gasteiger partial charge on any atom is 0.246 e. The Bertz CT molecular complexity index is 372.